The van der Waals surface area contributed by atoms with Crippen LogP contribution in [0.3, 0.4) is 0 Å². The Labute approximate surface area is 122 Å². The van der Waals surface area contributed by atoms with Crippen molar-refractivity contribution in [2.45, 2.75) is 26.2 Å². The molecule has 0 bridgehead atoms. The molecule has 0 N–H and O–H groups in total. The average Bonchev–Trinajstić information content (AvgIpc) is 2.70. The summed E-state index contributed by atoms with van der Waals surface area (Å²) >= 11 is 7.87. The van der Waals surface area contributed by atoms with E-state index in [1.165, 1.54) is 5.56 Å². The third-order valence-corrected chi connectivity index (χ3v) is 4.54. The minimum atomic E-state index is 0.201. The lowest BCUT2D eigenvalue weighted by atomic mass is 10.0. The number of carbonyl (C=O) groups excluding carboxylic acids is 1. The molecule has 1 aromatic rings. The molecule has 1 saturated heterocycles. The Hall–Kier alpha value is -0.480. The molecule has 2 rings (SSSR count). The number of thiol groups is 1. The summed E-state index contributed by atoms with van der Waals surface area (Å²) in [5.74, 6) is 1.84. The lowest BCUT2D eigenvalue weighted by Crippen LogP contribution is -2.25. The van der Waals surface area contributed by atoms with Crippen molar-refractivity contribution in [2.24, 2.45) is 5.92 Å². The van der Waals surface area contributed by atoms with E-state index in [2.05, 4.69) is 54.5 Å². The van der Waals surface area contributed by atoms with E-state index in [0.717, 1.165) is 22.5 Å². The number of hydrogen-bond acceptors (Lipinski definition) is 2. The summed E-state index contributed by atoms with van der Waals surface area (Å²) in [6.45, 7) is 5.11. The fourth-order valence-corrected chi connectivity index (χ4v) is 3.09. The molecule has 1 unspecified atom stereocenters. The van der Waals surface area contributed by atoms with Crippen molar-refractivity contribution < 1.29 is 4.79 Å². The topological polar surface area (TPSA) is 20.3 Å². The monoisotopic (exact) mass is 327 g/mol. The van der Waals surface area contributed by atoms with Gasteiger partial charge in [0.2, 0.25) is 5.91 Å². The third-order valence-electron chi connectivity index (χ3n) is 3.39. The van der Waals surface area contributed by atoms with Crippen LogP contribution in [0.2, 0.25) is 0 Å². The van der Waals surface area contributed by atoms with Crippen LogP contribution in [0.1, 0.15) is 31.7 Å². The van der Waals surface area contributed by atoms with E-state index in [1.54, 1.807) is 0 Å². The van der Waals surface area contributed by atoms with Crippen LogP contribution in [0.25, 0.3) is 0 Å². The minimum absolute atomic E-state index is 0.201. The smallest absolute Gasteiger partial charge is 0.227 e. The maximum Gasteiger partial charge on any atom is 0.227 e. The summed E-state index contributed by atoms with van der Waals surface area (Å²) in [4.78, 5) is 13.9. The Morgan fingerprint density at radius 1 is 1.50 bits per heavy atom. The van der Waals surface area contributed by atoms with Gasteiger partial charge in [-0.1, -0.05) is 19.9 Å². The highest BCUT2D eigenvalue weighted by atomic mass is 79.9. The van der Waals surface area contributed by atoms with E-state index in [-0.39, 0.29) is 5.91 Å². The predicted octanol–water partition coefficient (Wildman–Crippen LogP) is 3.86. The molecule has 1 aromatic carbocycles. The van der Waals surface area contributed by atoms with Crippen LogP contribution in [-0.2, 0) is 4.79 Å². The Morgan fingerprint density at radius 2 is 2.22 bits per heavy atom. The zero-order valence-corrected chi connectivity index (χ0v) is 13.2. The highest BCUT2D eigenvalue weighted by Gasteiger charge is 2.30. The molecule has 1 fully saturated rings. The average molecular weight is 328 g/mol. The van der Waals surface area contributed by atoms with Gasteiger partial charge in [-0.3, -0.25) is 4.79 Å². The third kappa shape index (κ3) is 2.75. The van der Waals surface area contributed by atoms with E-state index in [1.807, 2.05) is 11.0 Å². The summed E-state index contributed by atoms with van der Waals surface area (Å²) < 4.78 is 1.00. The normalized spacial score (nSPS) is 19.9. The van der Waals surface area contributed by atoms with Gasteiger partial charge in [-0.05, 0) is 51.2 Å². The summed E-state index contributed by atoms with van der Waals surface area (Å²) in [6.07, 6.45) is 0.613. The Kier molecular flexibility index (Phi) is 4.38. The van der Waals surface area contributed by atoms with Gasteiger partial charge in [0, 0.05) is 17.4 Å². The molecular formula is C14H18BrNOS. The van der Waals surface area contributed by atoms with Gasteiger partial charge in [-0.15, -0.1) is 0 Å². The molecule has 0 aliphatic carbocycles. The molecule has 0 aromatic heterocycles. The summed E-state index contributed by atoms with van der Waals surface area (Å²) in [5, 5.41) is 0. The molecule has 1 amide bonds. The molecule has 2 nitrogen and oxygen atoms in total. The first-order chi connectivity index (χ1) is 8.52. The van der Waals surface area contributed by atoms with E-state index >= 15 is 0 Å². The molecule has 18 heavy (non-hydrogen) atoms. The zero-order chi connectivity index (χ0) is 13.3. The maximum atomic E-state index is 12.0. The molecule has 4 heteroatoms. The molecule has 0 spiro atoms. The van der Waals surface area contributed by atoms with Crippen LogP contribution in [0.5, 0.6) is 0 Å². The van der Waals surface area contributed by atoms with Gasteiger partial charge in [-0.2, -0.15) is 12.6 Å². The van der Waals surface area contributed by atoms with Crippen molar-refractivity contribution in [3.8, 4) is 0 Å². The lowest BCUT2D eigenvalue weighted by molar-refractivity contribution is -0.117. The largest absolute Gasteiger partial charge is 0.311 e. The Bertz CT molecular complexity index is 461. The summed E-state index contributed by atoms with van der Waals surface area (Å²) in [7, 11) is 0. The molecule has 1 aliphatic rings. The first-order valence-electron chi connectivity index (χ1n) is 6.23. The van der Waals surface area contributed by atoms with Gasteiger partial charge in [0.25, 0.3) is 0 Å². The van der Waals surface area contributed by atoms with Crippen molar-refractivity contribution in [3.05, 3.63) is 28.2 Å². The molecule has 1 aliphatic heterocycles. The number of anilines is 1. The second-order valence-corrected chi connectivity index (χ2v) is 6.34. The van der Waals surface area contributed by atoms with Gasteiger partial charge < -0.3 is 4.90 Å². The van der Waals surface area contributed by atoms with Crippen LogP contribution < -0.4 is 4.90 Å². The first kappa shape index (κ1) is 13.9. The fraction of sp³-hybridized carbons (Fsp3) is 0.500. The Balaban J connectivity index is 2.26. The van der Waals surface area contributed by atoms with Crippen molar-refractivity contribution in [3.63, 3.8) is 0 Å². The number of halogens is 1. The number of hydrogen-bond donors (Lipinski definition) is 1. The van der Waals surface area contributed by atoms with Crippen LogP contribution in [-0.4, -0.2) is 18.2 Å². The molecular weight excluding hydrogens is 310 g/mol. The minimum Gasteiger partial charge on any atom is -0.311 e. The number of rotatable bonds is 3. The summed E-state index contributed by atoms with van der Waals surface area (Å²) in [6, 6.07) is 6.26. The van der Waals surface area contributed by atoms with Crippen LogP contribution in [0, 0.1) is 5.92 Å². The van der Waals surface area contributed by atoms with Gasteiger partial charge in [-0.25, -0.2) is 0 Å². The second kappa shape index (κ2) is 5.66. The van der Waals surface area contributed by atoms with Crippen LogP contribution in [0.4, 0.5) is 5.69 Å². The van der Waals surface area contributed by atoms with Crippen molar-refractivity contribution in [1.29, 1.82) is 0 Å². The quantitative estimate of drug-likeness (QED) is 0.836. The number of amides is 1. The van der Waals surface area contributed by atoms with Crippen molar-refractivity contribution in [2.75, 3.05) is 17.2 Å². The van der Waals surface area contributed by atoms with Crippen molar-refractivity contribution >= 4 is 40.2 Å². The number of carbonyl (C=O) groups is 1. The standard InChI is InChI=1S/C14H18BrNOS/c1-9(2)11-3-4-13(12(15)6-11)16-7-10(8-18)5-14(16)17/h3-4,6,9-10,18H,5,7-8H2,1-2H3. The van der Waals surface area contributed by atoms with Gasteiger partial charge in [0.05, 0.1) is 5.69 Å². The van der Waals surface area contributed by atoms with E-state index < -0.39 is 0 Å². The summed E-state index contributed by atoms with van der Waals surface area (Å²) in [5.41, 5.74) is 2.26. The Morgan fingerprint density at radius 3 is 2.72 bits per heavy atom. The highest BCUT2D eigenvalue weighted by molar-refractivity contribution is 9.10. The fourth-order valence-electron chi connectivity index (χ4n) is 2.24. The van der Waals surface area contributed by atoms with Crippen LogP contribution in [0.15, 0.2) is 22.7 Å². The molecule has 1 atom stereocenters. The van der Waals surface area contributed by atoms with E-state index in [4.69, 9.17) is 0 Å². The van der Waals surface area contributed by atoms with Crippen molar-refractivity contribution in [1.82, 2.24) is 0 Å². The molecule has 98 valence electrons. The van der Waals surface area contributed by atoms with Gasteiger partial charge in [0.1, 0.15) is 0 Å². The molecule has 0 radical (unpaired) electrons. The molecule has 0 saturated carbocycles. The maximum absolute atomic E-state index is 12.0. The number of benzene rings is 1. The zero-order valence-electron chi connectivity index (χ0n) is 10.7. The van der Waals surface area contributed by atoms with Crippen LogP contribution >= 0.6 is 28.6 Å². The second-order valence-electron chi connectivity index (χ2n) is 5.12. The van der Waals surface area contributed by atoms with E-state index in [0.29, 0.717) is 18.3 Å². The van der Waals surface area contributed by atoms with E-state index in [9.17, 15) is 4.79 Å². The lowest BCUT2D eigenvalue weighted by Gasteiger charge is -2.19. The SMILES string of the molecule is CC(C)c1ccc(N2CC(CS)CC2=O)c(Br)c1. The van der Waals surface area contributed by atoms with Gasteiger partial charge in [0.15, 0.2) is 0 Å². The number of nitrogens with zero attached hydrogens (tertiary/aromatic N) is 1. The predicted molar refractivity (Wildman–Crippen MR) is 82.5 cm³/mol. The van der Waals surface area contributed by atoms with Gasteiger partial charge >= 0.3 is 0 Å². The highest BCUT2D eigenvalue weighted by Crippen LogP contribution is 2.33. The first-order valence-corrected chi connectivity index (χ1v) is 7.66. The molecule has 1 heterocycles.